The number of hydrogen-bond acceptors (Lipinski definition) is 4. The first-order chi connectivity index (χ1) is 10.7. The lowest BCUT2D eigenvalue weighted by atomic mass is 10.1. The molecule has 0 aliphatic heterocycles. The summed E-state index contributed by atoms with van der Waals surface area (Å²) >= 11 is 1.53. The minimum absolute atomic E-state index is 0.156. The van der Waals surface area contributed by atoms with Crippen LogP contribution in [0.2, 0.25) is 0 Å². The highest BCUT2D eigenvalue weighted by atomic mass is 32.1. The highest BCUT2D eigenvalue weighted by Gasteiger charge is 2.11. The molecule has 3 aromatic rings. The van der Waals surface area contributed by atoms with E-state index in [1.807, 2.05) is 31.2 Å². The Morgan fingerprint density at radius 2 is 2.14 bits per heavy atom. The Morgan fingerprint density at radius 1 is 1.36 bits per heavy atom. The van der Waals surface area contributed by atoms with Crippen LogP contribution in [0, 0.1) is 0 Å². The van der Waals surface area contributed by atoms with Gasteiger partial charge in [0.05, 0.1) is 12.0 Å². The van der Waals surface area contributed by atoms with E-state index < -0.39 is 0 Å². The molecular weight excluding hydrogens is 296 g/mol. The molecular formula is C17H16N2O2S. The number of aromatic nitrogens is 2. The number of nitrogens with zero attached hydrogens (tertiary/aromatic N) is 1. The summed E-state index contributed by atoms with van der Waals surface area (Å²) in [5.74, 6) is 0.784. The van der Waals surface area contributed by atoms with Crippen LogP contribution >= 0.6 is 11.3 Å². The molecule has 112 valence electrons. The molecule has 5 heteroatoms. The van der Waals surface area contributed by atoms with Crippen molar-refractivity contribution in [2.24, 2.45) is 0 Å². The number of fused-ring (bicyclic) bond motifs is 1. The minimum Gasteiger partial charge on any atom is -0.491 e. The summed E-state index contributed by atoms with van der Waals surface area (Å²) in [5, 5.41) is 0.615. The lowest BCUT2D eigenvalue weighted by molar-refractivity contribution is 0.296. The van der Waals surface area contributed by atoms with E-state index in [0.29, 0.717) is 28.4 Å². The Bertz CT molecular complexity index is 865. The fourth-order valence-electron chi connectivity index (χ4n) is 2.24. The predicted molar refractivity (Wildman–Crippen MR) is 90.1 cm³/mol. The van der Waals surface area contributed by atoms with Crippen molar-refractivity contribution >= 4 is 27.3 Å². The molecule has 0 saturated heterocycles. The molecule has 0 amide bonds. The predicted octanol–water partition coefficient (Wildman–Crippen LogP) is 3.58. The van der Waals surface area contributed by atoms with E-state index in [-0.39, 0.29) is 5.56 Å². The zero-order valence-electron chi connectivity index (χ0n) is 12.3. The smallest absolute Gasteiger partial charge is 0.260 e. The number of ether oxygens (including phenoxy) is 1. The number of H-pyrrole nitrogens is 1. The van der Waals surface area contributed by atoms with Gasteiger partial charge < -0.3 is 9.72 Å². The van der Waals surface area contributed by atoms with E-state index in [9.17, 15) is 4.79 Å². The lowest BCUT2D eigenvalue weighted by Crippen LogP contribution is -2.10. The molecule has 0 spiro atoms. The van der Waals surface area contributed by atoms with Crippen LogP contribution < -0.4 is 5.56 Å². The van der Waals surface area contributed by atoms with Gasteiger partial charge in [-0.05, 0) is 18.6 Å². The quantitative estimate of drug-likeness (QED) is 0.733. The van der Waals surface area contributed by atoms with Gasteiger partial charge in [0.25, 0.3) is 5.56 Å². The van der Waals surface area contributed by atoms with Crippen LogP contribution in [0.3, 0.4) is 0 Å². The molecule has 3 rings (SSSR count). The Balaban J connectivity index is 1.97. The Kier molecular flexibility index (Phi) is 4.06. The van der Waals surface area contributed by atoms with Crippen molar-refractivity contribution in [1.29, 1.82) is 0 Å². The zero-order chi connectivity index (χ0) is 15.5. The molecule has 1 N–H and O–H groups in total. The molecule has 0 atom stereocenters. The van der Waals surface area contributed by atoms with Gasteiger partial charge in [-0.25, -0.2) is 4.98 Å². The van der Waals surface area contributed by atoms with Gasteiger partial charge >= 0.3 is 0 Å². The van der Waals surface area contributed by atoms with Crippen LogP contribution in [0.15, 0.2) is 47.8 Å². The summed E-state index contributed by atoms with van der Waals surface area (Å²) in [6.45, 7) is 6.14. The molecule has 0 aliphatic carbocycles. The molecule has 0 aliphatic rings. The van der Waals surface area contributed by atoms with Crippen molar-refractivity contribution in [2.45, 2.75) is 13.3 Å². The van der Waals surface area contributed by atoms with Crippen LogP contribution in [0.4, 0.5) is 0 Å². The summed E-state index contributed by atoms with van der Waals surface area (Å²) in [6.07, 6.45) is 0.795. The Morgan fingerprint density at radius 3 is 2.86 bits per heavy atom. The number of aromatic amines is 1. The second-order valence-corrected chi connectivity index (χ2v) is 5.98. The summed E-state index contributed by atoms with van der Waals surface area (Å²) in [5.41, 5.74) is 1.06. The maximum atomic E-state index is 12.2. The molecule has 0 fully saturated rings. The van der Waals surface area contributed by atoms with Crippen molar-refractivity contribution in [2.75, 3.05) is 6.61 Å². The topological polar surface area (TPSA) is 55.0 Å². The van der Waals surface area contributed by atoms with Crippen LogP contribution in [0.5, 0.6) is 0 Å². The van der Waals surface area contributed by atoms with Crippen molar-refractivity contribution in [1.82, 2.24) is 9.97 Å². The van der Waals surface area contributed by atoms with E-state index >= 15 is 0 Å². The van der Waals surface area contributed by atoms with Crippen LogP contribution in [0.25, 0.3) is 16.0 Å². The molecule has 4 nitrogen and oxygen atoms in total. The highest BCUT2D eigenvalue weighted by molar-refractivity contribution is 7.18. The van der Waals surface area contributed by atoms with Gasteiger partial charge in [0.2, 0.25) is 0 Å². The maximum Gasteiger partial charge on any atom is 0.260 e. The van der Waals surface area contributed by atoms with Crippen LogP contribution in [0.1, 0.15) is 23.2 Å². The largest absolute Gasteiger partial charge is 0.491 e. The van der Waals surface area contributed by atoms with Crippen LogP contribution in [-0.4, -0.2) is 16.6 Å². The second-order valence-electron chi connectivity index (χ2n) is 4.86. The third kappa shape index (κ3) is 2.94. The molecule has 1 aromatic carbocycles. The first-order valence-electron chi connectivity index (χ1n) is 7.06. The lowest BCUT2D eigenvalue weighted by Gasteiger charge is -2.04. The molecule has 22 heavy (non-hydrogen) atoms. The summed E-state index contributed by atoms with van der Waals surface area (Å²) in [7, 11) is 0. The first kappa shape index (κ1) is 14.5. The molecule has 0 unspecified atom stereocenters. The first-order valence-corrected chi connectivity index (χ1v) is 7.87. The van der Waals surface area contributed by atoms with E-state index in [1.165, 1.54) is 16.9 Å². The number of rotatable bonds is 5. The van der Waals surface area contributed by atoms with Crippen molar-refractivity contribution in [3.8, 4) is 0 Å². The highest BCUT2D eigenvalue weighted by Crippen LogP contribution is 2.24. The van der Waals surface area contributed by atoms with E-state index in [2.05, 4.69) is 28.7 Å². The van der Waals surface area contributed by atoms with Gasteiger partial charge in [-0.2, -0.15) is 0 Å². The summed E-state index contributed by atoms with van der Waals surface area (Å²) in [6, 6.07) is 12.1. The number of thiophene rings is 1. The monoisotopic (exact) mass is 312 g/mol. The maximum absolute atomic E-state index is 12.2. The third-order valence-electron chi connectivity index (χ3n) is 3.26. The minimum atomic E-state index is -0.156. The van der Waals surface area contributed by atoms with Crippen molar-refractivity contribution in [3.63, 3.8) is 0 Å². The van der Waals surface area contributed by atoms with Crippen molar-refractivity contribution < 1.29 is 4.74 Å². The molecule has 0 radical (unpaired) electrons. The SMILES string of the molecule is C=C(OCC)c1nc2sc(Cc3ccccc3)cc2c(=O)[nH]1. The van der Waals surface area contributed by atoms with E-state index in [0.717, 1.165) is 11.3 Å². The zero-order valence-corrected chi connectivity index (χ0v) is 13.1. The average Bonchev–Trinajstić information content (AvgIpc) is 2.91. The average molecular weight is 312 g/mol. The Hall–Kier alpha value is -2.40. The molecule has 0 saturated carbocycles. The normalized spacial score (nSPS) is 10.8. The van der Waals surface area contributed by atoms with Gasteiger partial charge in [0.1, 0.15) is 4.83 Å². The summed E-state index contributed by atoms with van der Waals surface area (Å²) in [4.78, 5) is 21.2. The van der Waals surface area contributed by atoms with Gasteiger partial charge in [-0.15, -0.1) is 11.3 Å². The van der Waals surface area contributed by atoms with Gasteiger partial charge in [-0.3, -0.25) is 4.79 Å². The number of nitrogens with one attached hydrogen (secondary N) is 1. The van der Waals surface area contributed by atoms with Gasteiger partial charge in [0, 0.05) is 11.3 Å². The molecule has 0 bridgehead atoms. The van der Waals surface area contributed by atoms with Gasteiger partial charge in [0.15, 0.2) is 11.6 Å². The molecule has 2 heterocycles. The summed E-state index contributed by atoms with van der Waals surface area (Å²) < 4.78 is 5.31. The van der Waals surface area contributed by atoms with Crippen molar-refractivity contribution in [3.05, 3.63) is 69.6 Å². The fraction of sp³-hybridized carbons (Fsp3) is 0.176. The standard InChI is InChI=1S/C17H16N2O2S/c1-3-21-11(2)15-18-16(20)14-10-13(22-17(14)19-15)9-12-7-5-4-6-8-12/h4-8,10H,2-3,9H2,1H3,(H,18,19,20). The number of benzene rings is 1. The third-order valence-corrected chi connectivity index (χ3v) is 4.29. The number of hydrogen-bond donors (Lipinski definition) is 1. The van der Waals surface area contributed by atoms with E-state index in [4.69, 9.17) is 4.74 Å². The second kappa shape index (κ2) is 6.15. The van der Waals surface area contributed by atoms with Crippen LogP contribution in [-0.2, 0) is 11.2 Å². The Labute approximate surface area is 132 Å². The van der Waals surface area contributed by atoms with E-state index in [1.54, 1.807) is 0 Å². The fourth-order valence-corrected chi connectivity index (χ4v) is 3.30. The molecule has 2 aromatic heterocycles. The van der Waals surface area contributed by atoms with Gasteiger partial charge in [-0.1, -0.05) is 36.9 Å².